The number of carbonyl (C=O) groups excluding carboxylic acids is 1. The van der Waals surface area contributed by atoms with Crippen molar-refractivity contribution in [3.63, 3.8) is 0 Å². The van der Waals surface area contributed by atoms with Gasteiger partial charge in [0.15, 0.2) is 0 Å². The third kappa shape index (κ3) is 2.84. The van der Waals surface area contributed by atoms with Gasteiger partial charge in [0.05, 0.1) is 24.8 Å². The van der Waals surface area contributed by atoms with E-state index in [0.717, 1.165) is 10.9 Å². The van der Waals surface area contributed by atoms with Crippen molar-refractivity contribution in [2.45, 2.75) is 25.5 Å². The van der Waals surface area contributed by atoms with Crippen molar-refractivity contribution >= 4 is 21.8 Å². The van der Waals surface area contributed by atoms with Crippen LogP contribution in [0.4, 0.5) is 0 Å². The summed E-state index contributed by atoms with van der Waals surface area (Å²) in [6.07, 6.45) is 0.924. The molecule has 5 heteroatoms. The van der Waals surface area contributed by atoms with E-state index in [1.807, 2.05) is 19.1 Å². The summed E-state index contributed by atoms with van der Waals surface area (Å²) in [5.74, 6) is 0.558. The van der Waals surface area contributed by atoms with E-state index in [2.05, 4.69) is 21.2 Å². The Hall–Kier alpha value is -1.07. The number of hydrogen-bond acceptors (Lipinski definition) is 3. The number of ether oxygens (including phenoxy) is 2. The lowest BCUT2D eigenvalue weighted by atomic mass is 10.1. The molecule has 1 amide bonds. The number of hydrogen-bond donors (Lipinski definition) is 1. The van der Waals surface area contributed by atoms with Crippen molar-refractivity contribution in [2.24, 2.45) is 0 Å². The fraction of sp³-hybridized carbons (Fsp3) is 0.462. The molecule has 4 nitrogen and oxygen atoms in total. The highest BCUT2D eigenvalue weighted by molar-refractivity contribution is 9.10. The Balaban J connectivity index is 2.12. The van der Waals surface area contributed by atoms with Crippen LogP contribution in [0.2, 0.25) is 0 Å². The van der Waals surface area contributed by atoms with E-state index < -0.39 is 0 Å². The second-order valence-corrected chi connectivity index (χ2v) is 5.14. The molecule has 0 aromatic heterocycles. The quantitative estimate of drug-likeness (QED) is 0.932. The van der Waals surface area contributed by atoms with Crippen LogP contribution in [0.25, 0.3) is 0 Å². The average Bonchev–Trinajstić information content (AvgIpc) is 2.75. The number of halogens is 1. The molecule has 1 aliphatic heterocycles. The molecule has 2 atom stereocenters. The summed E-state index contributed by atoms with van der Waals surface area (Å²) in [6, 6.07) is 5.42. The van der Waals surface area contributed by atoms with Crippen molar-refractivity contribution in [1.82, 2.24) is 5.32 Å². The van der Waals surface area contributed by atoms with Gasteiger partial charge in [-0.15, -0.1) is 0 Å². The molecule has 1 N–H and O–H groups in total. The highest BCUT2D eigenvalue weighted by Crippen LogP contribution is 2.23. The van der Waals surface area contributed by atoms with Crippen molar-refractivity contribution < 1.29 is 14.3 Å². The van der Waals surface area contributed by atoms with Crippen LogP contribution >= 0.6 is 15.9 Å². The van der Waals surface area contributed by atoms with Crippen LogP contribution in [0.15, 0.2) is 22.7 Å². The summed E-state index contributed by atoms with van der Waals surface area (Å²) < 4.78 is 11.3. The molecular formula is C13H16BrNO3. The third-order valence-electron chi connectivity index (χ3n) is 3.11. The van der Waals surface area contributed by atoms with Crippen LogP contribution in [0.1, 0.15) is 23.7 Å². The number of benzene rings is 1. The Morgan fingerprint density at radius 3 is 2.94 bits per heavy atom. The highest BCUT2D eigenvalue weighted by Gasteiger charge is 2.26. The standard InChI is InChI=1S/C13H16BrNO3/c1-8-12(5-6-18-8)15-13(16)10-7-9(17-2)3-4-11(10)14/h3-4,7-8,12H,5-6H2,1-2H3,(H,15,16). The van der Waals surface area contributed by atoms with Gasteiger partial charge in [-0.05, 0) is 47.5 Å². The van der Waals surface area contributed by atoms with Crippen LogP contribution in [-0.2, 0) is 4.74 Å². The van der Waals surface area contributed by atoms with Crippen molar-refractivity contribution in [3.05, 3.63) is 28.2 Å². The molecule has 2 rings (SSSR count). The second-order valence-electron chi connectivity index (χ2n) is 4.29. The Kier molecular flexibility index (Phi) is 4.24. The van der Waals surface area contributed by atoms with Gasteiger partial charge in [-0.3, -0.25) is 4.79 Å². The van der Waals surface area contributed by atoms with Crippen molar-refractivity contribution in [2.75, 3.05) is 13.7 Å². The van der Waals surface area contributed by atoms with Crippen LogP contribution in [0, 0.1) is 0 Å². The minimum absolute atomic E-state index is 0.0679. The van der Waals surface area contributed by atoms with Gasteiger partial charge in [-0.2, -0.15) is 0 Å². The number of rotatable bonds is 3. The maximum absolute atomic E-state index is 12.2. The van der Waals surface area contributed by atoms with E-state index in [1.165, 1.54) is 0 Å². The molecule has 1 aromatic rings. The predicted molar refractivity (Wildman–Crippen MR) is 72.0 cm³/mol. The normalized spacial score (nSPS) is 22.8. The lowest BCUT2D eigenvalue weighted by Crippen LogP contribution is -2.39. The van der Waals surface area contributed by atoms with Gasteiger partial charge < -0.3 is 14.8 Å². The molecule has 1 aliphatic rings. The lowest BCUT2D eigenvalue weighted by Gasteiger charge is -2.16. The summed E-state index contributed by atoms with van der Waals surface area (Å²) in [6.45, 7) is 2.67. The monoisotopic (exact) mass is 313 g/mol. The fourth-order valence-corrected chi connectivity index (χ4v) is 2.40. The smallest absolute Gasteiger partial charge is 0.252 e. The minimum Gasteiger partial charge on any atom is -0.497 e. The first-order valence-corrected chi connectivity index (χ1v) is 6.67. The zero-order valence-corrected chi connectivity index (χ0v) is 12.0. The maximum atomic E-state index is 12.2. The zero-order chi connectivity index (χ0) is 13.1. The molecule has 0 saturated carbocycles. The Labute approximate surface area is 115 Å². The van der Waals surface area contributed by atoms with Gasteiger partial charge in [-0.25, -0.2) is 0 Å². The number of nitrogens with one attached hydrogen (secondary N) is 1. The predicted octanol–water partition coefficient (Wildman–Crippen LogP) is 2.36. The molecule has 2 unspecified atom stereocenters. The Morgan fingerprint density at radius 1 is 1.56 bits per heavy atom. The molecule has 0 bridgehead atoms. The van der Waals surface area contributed by atoms with E-state index in [0.29, 0.717) is 17.9 Å². The van der Waals surface area contributed by atoms with Crippen molar-refractivity contribution in [1.29, 1.82) is 0 Å². The first-order chi connectivity index (χ1) is 8.61. The zero-order valence-electron chi connectivity index (χ0n) is 10.4. The van der Waals surface area contributed by atoms with E-state index in [4.69, 9.17) is 9.47 Å². The molecule has 1 saturated heterocycles. The first kappa shape index (κ1) is 13.4. The summed E-state index contributed by atoms with van der Waals surface area (Å²) in [5, 5.41) is 2.99. The van der Waals surface area contributed by atoms with Gasteiger partial charge in [0.25, 0.3) is 5.91 Å². The fourth-order valence-electron chi connectivity index (χ4n) is 1.97. The van der Waals surface area contributed by atoms with Crippen LogP contribution < -0.4 is 10.1 Å². The largest absolute Gasteiger partial charge is 0.497 e. The molecule has 1 aromatic carbocycles. The molecule has 18 heavy (non-hydrogen) atoms. The van der Waals surface area contributed by atoms with E-state index in [9.17, 15) is 4.79 Å². The summed E-state index contributed by atoms with van der Waals surface area (Å²) in [7, 11) is 1.58. The Morgan fingerprint density at radius 2 is 2.33 bits per heavy atom. The van der Waals surface area contributed by atoms with Gasteiger partial charge in [-0.1, -0.05) is 0 Å². The molecule has 0 spiro atoms. The number of carbonyl (C=O) groups is 1. The van der Waals surface area contributed by atoms with Gasteiger partial charge in [0, 0.05) is 11.1 Å². The molecule has 0 aliphatic carbocycles. The number of methoxy groups -OCH3 is 1. The second kappa shape index (κ2) is 5.71. The molecule has 1 fully saturated rings. The highest BCUT2D eigenvalue weighted by atomic mass is 79.9. The SMILES string of the molecule is COc1ccc(Br)c(C(=O)NC2CCOC2C)c1. The maximum Gasteiger partial charge on any atom is 0.252 e. The van der Waals surface area contributed by atoms with Crippen LogP contribution in [-0.4, -0.2) is 31.8 Å². The average molecular weight is 314 g/mol. The van der Waals surface area contributed by atoms with Gasteiger partial charge >= 0.3 is 0 Å². The topological polar surface area (TPSA) is 47.6 Å². The van der Waals surface area contributed by atoms with Gasteiger partial charge in [0.2, 0.25) is 0 Å². The third-order valence-corrected chi connectivity index (χ3v) is 3.80. The Bertz CT molecular complexity index is 450. The molecular weight excluding hydrogens is 298 g/mol. The summed E-state index contributed by atoms with van der Waals surface area (Å²) >= 11 is 3.38. The minimum atomic E-state index is -0.108. The van der Waals surface area contributed by atoms with E-state index in [-0.39, 0.29) is 18.1 Å². The first-order valence-electron chi connectivity index (χ1n) is 5.88. The van der Waals surface area contributed by atoms with E-state index >= 15 is 0 Å². The molecule has 98 valence electrons. The van der Waals surface area contributed by atoms with Crippen LogP contribution in [0.3, 0.4) is 0 Å². The van der Waals surface area contributed by atoms with Crippen molar-refractivity contribution in [3.8, 4) is 5.75 Å². The molecule has 1 heterocycles. The lowest BCUT2D eigenvalue weighted by molar-refractivity contribution is 0.0865. The van der Waals surface area contributed by atoms with Gasteiger partial charge in [0.1, 0.15) is 5.75 Å². The molecule has 0 radical (unpaired) electrons. The number of amides is 1. The summed E-state index contributed by atoms with van der Waals surface area (Å²) in [4.78, 5) is 12.2. The van der Waals surface area contributed by atoms with Crippen LogP contribution in [0.5, 0.6) is 5.75 Å². The van der Waals surface area contributed by atoms with E-state index in [1.54, 1.807) is 13.2 Å². The summed E-state index contributed by atoms with van der Waals surface area (Å²) in [5.41, 5.74) is 0.577.